The largest absolute Gasteiger partial charge is 0.487 e. The molecule has 1 heterocycles. The van der Waals surface area contributed by atoms with E-state index in [0.29, 0.717) is 5.92 Å². The third kappa shape index (κ3) is 2.14. The lowest BCUT2D eigenvalue weighted by Gasteiger charge is -2.46. The highest BCUT2D eigenvalue weighted by molar-refractivity contribution is 6.31. The van der Waals surface area contributed by atoms with Crippen LogP contribution in [0.2, 0.25) is 5.02 Å². The predicted octanol–water partition coefficient (Wildman–Crippen LogP) is 3.51. The van der Waals surface area contributed by atoms with Crippen molar-refractivity contribution in [2.75, 3.05) is 0 Å². The van der Waals surface area contributed by atoms with Crippen LogP contribution in [0.25, 0.3) is 0 Å². The van der Waals surface area contributed by atoms with E-state index in [-0.39, 0.29) is 24.0 Å². The molecule has 2 N–H and O–H groups in total. The van der Waals surface area contributed by atoms with Crippen LogP contribution >= 0.6 is 24.0 Å². The number of fused-ring (bicyclic) bond motifs is 4. The average Bonchev–Trinajstić information content (AvgIpc) is 2.14. The van der Waals surface area contributed by atoms with Gasteiger partial charge in [-0.2, -0.15) is 0 Å². The second-order valence-corrected chi connectivity index (χ2v) is 5.71. The number of halogens is 2. The minimum absolute atomic E-state index is 0. The van der Waals surface area contributed by atoms with Crippen LogP contribution in [0.4, 0.5) is 0 Å². The Hall–Kier alpha value is -0.440. The summed E-state index contributed by atoms with van der Waals surface area (Å²) in [6, 6.07) is 6.13. The van der Waals surface area contributed by atoms with Crippen LogP contribution in [0.3, 0.4) is 0 Å². The molecule has 4 heteroatoms. The Morgan fingerprint density at radius 2 is 2.18 bits per heavy atom. The van der Waals surface area contributed by atoms with E-state index >= 15 is 0 Å². The first-order valence-corrected chi connectivity index (χ1v) is 6.18. The Morgan fingerprint density at radius 3 is 2.94 bits per heavy atom. The minimum atomic E-state index is -0.0972. The third-order valence-electron chi connectivity index (χ3n) is 3.74. The van der Waals surface area contributed by atoms with Crippen molar-refractivity contribution in [1.29, 1.82) is 0 Å². The van der Waals surface area contributed by atoms with Gasteiger partial charge in [0.05, 0.1) is 0 Å². The van der Waals surface area contributed by atoms with Crippen molar-refractivity contribution < 1.29 is 4.74 Å². The first kappa shape index (κ1) is 13.0. The van der Waals surface area contributed by atoms with E-state index in [1.54, 1.807) is 0 Å². The Bertz CT molecular complexity index is 437. The molecule has 0 aromatic heterocycles. The van der Waals surface area contributed by atoms with Gasteiger partial charge in [-0.25, -0.2) is 0 Å². The second kappa shape index (κ2) is 4.34. The summed E-state index contributed by atoms with van der Waals surface area (Å²) < 4.78 is 6.08. The fraction of sp³-hybridized carbons (Fsp3) is 0.538. The summed E-state index contributed by atoms with van der Waals surface area (Å²) in [5.74, 6) is 1.42. The summed E-state index contributed by atoms with van der Waals surface area (Å²) in [6.45, 7) is 2.16. The highest BCUT2D eigenvalue weighted by atomic mass is 35.5. The minimum Gasteiger partial charge on any atom is -0.487 e. The van der Waals surface area contributed by atoms with Gasteiger partial charge in [-0.1, -0.05) is 17.7 Å². The van der Waals surface area contributed by atoms with Crippen molar-refractivity contribution in [2.45, 2.75) is 43.7 Å². The van der Waals surface area contributed by atoms with Crippen molar-refractivity contribution in [3.05, 3.63) is 28.8 Å². The van der Waals surface area contributed by atoms with Crippen LogP contribution in [0, 0.1) is 0 Å². The summed E-state index contributed by atoms with van der Waals surface area (Å²) in [6.07, 6.45) is 3.00. The molecule has 1 aromatic rings. The topological polar surface area (TPSA) is 35.2 Å². The number of rotatable bonds is 0. The molecule has 1 aliphatic carbocycles. The zero-order valence-corrected chi connectivity index (χ0v) is 11.4. The van der Waals surface area contributed by atoms with E-state index in [9.17, 15) is 0 Å². The molecule has 0 amide bonds. The zero-order valence-electron chi connectivity index (χ0n) is 9.78. The van der Waals surface area contributed by atoms with Crippen molar-refractivity contribution in [3.63, 3.8) is 0 Å². The molecule has 0 radical (unpaired) electrons. The monoisotopic (exact) mass is 273 g/mol. The molecule has 3 rings (SSSR count). The molecule has 2 nitrogen and oxygen atoms in total. The average molecular weight is 274 g/mol. The van der Waals surface area contributed by atoms with Gasteiger partial charge < -0.3 is 10.5 Å². The highest BCUT2D eigenvalue weighted by Gasteiger charge is 2.43. The fourth-order valence-electron chi connectivity index (χ4n) is 3.26. The highest BCUT2D eigenvalue weighted by Crippen LogP contribution is 2.50. The molecule has 2 bridgehead atoms. The normalized spacial score (nSPS) is 34.3. The molecule has 0 spiro atoms. The van der Waals surface area contributed by atoms with Gasteiger partial charge in [0.25, 0.3) is 0 Å². The van der Waals surface area contributed by atoms with Crippen molar-refractivity contribution in [1.82, 2.24) is 0 Å². The van der Waals surface area contributed by atoms with Crippen molar-refractivity contribution in [2.24, 2.45) is 5.73 Å². The van der Waals surface area contributed by atoms with E-state index in [2.05, 4.69) is 6.92 Å². The van der Waals surface area contributed by atoms with Crippen LogP contribution in [0.5, 0.6) is 5.75 Å². The molecule has 1 aliphatic heterocycles. The van der Waals surface area contributed by atoms with E-state index < -0.39 is 0 Å². The molecule has 17 heavy (non-hydrogen) atoms. The lowest BCUT2D eigenvalue weighted by Crippen LogP contribution is -2.48. The van der Waals surface area contributed by atoms with Gasteiger partial charge in [0, 0.05) is 23.0 Å². The number of ether oxygens (including phenoxy) is 1. The molecule has 94 valence electrons. The quantitative estimate of drug-likeness (QED) is 0.785. The Morgan fingerprint density at radius 1 is 1.41 bits per heavy atom. The van der Waals surface area contributed by atoms with Crippen LogP contribution in [-0.4, -0.2) is 11.6 Å². The Balaban J connectivity index is 0.00000108. The summed E-state index contributed by atoms with van der Waals surface area (Å²) in [5, 5.41) is 0.818. The molecular weight excluding hydrogens is 257 g/mol. The lowest BCUT2D eigenvalue weighted by atomic mass is 9.72. The summed E-state index contributed by atoms with van der Waals surface area (Å²) in [7, 11) is 0. The lowest BCUT2D eigenvalue weighted by molar-refractivity contribution is 0.0137. The smallest absolute Gasteiger partial charge is 0.125 e. The van der Waals surface area contributed by atoms with E-state index in [1.807, 2.05) is 18.2 Å². The number of nitrogens with two attached hydrogens (primary N) is 1. The van der Waals surface area contributed by atoms with Gasteiger partial charge in [0.2, 0.25) is 0 Å². The maximum Gasteiger partial charge on any atom is 0.125 e. The van der Waals surface area contributed by atoms with Gasteiger partial charge in [-0.15, -0.1) is 12.4 Å². The van der Waals surface area contributed by atoms with Gasteiger partial charge in [0.1, 0.15) is 11.4 Å². The molecule has 1 saturated carbocycles. The molecular formula is C13H17Cl2NO. The van der Waals surface area contributed by atoms with Gasteiger partial charge in [0.15, 0.2) is 0 Å². The molecule has 3 atom stereocenters. The number of benzene rings is 1. The first-order valence-electron chi connectivity index (χ1n) is 5.80. The number of hydrogen-bond donors (Lipinski definition) is 1. The van der Waals surface area contributed by atoms with Crippen LogP contribution in [-0.2, 0) is 0 Å². The molecule has 2 aliphatic rings. The van der Waals surface area contributed by atoms with E-state index in [1.165, 1.54) is 0 Å². The Labute approximate surface area is 113 Å². The number of hydrogen-bond acceptors (Lipinski definition) is 2. The maximum absolute atomic E-state index is 6.26. The summed E-state index contributed by atoms with van der Waals surface area (Å²) >= 11 is 6.26. The van der Waals surface area contributed by atoms with Crippen LogP contribution in [0.15, 0.2) is 18.2 Å². The predicted molar refractivity (Wildman–Crippen MR) is 72.3 cm³/mol. The Kier molecular flexibility index (Phi) is 3.32. The van der Waals surface area contributed by atoms with E-state index in [0.717, 1.165) is 35.6 Å². The maximum atomic E-state index is 6.26. The summed E-state index contributed by atoms with van der Waals surface area (Å²) in [4.78, 5) is 0. The molecule has 3 unspecified atom stereocenters. The third-order valence-corrected chi connectivity index (χ3v) is 4.07. The fourth-order valence-corrected chi connectivity index (χ4v) is 3.58. The first-order chi connectivity index (χ1) is 7.57. The van der Waals surface area contributed by atoms with Crippen molar-refractivity contribution >= 4 is 24.0 Å². The molecule has 1 aromatic carbocycles. The molecule has 0 saturated heterocycles. The standard InChI is InChI=1S/C13H16ClNO.ClH/c1-13-6-8(5-9(15)7-13)12-10(14)3-2-4-11(12)16-13;/h2-4,8-9H,5-7,15H2,1H3;1H. The zero-order chi connectivity index (χ0) is 11.3. The van der Waals surface area contributed by atoms with Gasteiger partial charge >= 0.3 is 0 Å². The molecule has 1 fully saturated rings. The van der Waals surface area contributed by atoms with Crippen LogP contribution in [0.1, 0.15) is 37.7 Å². The SMILES string of the molecule is CC12CC(N)CC(C1)c1c(Cl)cccc1O2.Cl. The van der Waals surface area contributed by atoms with Crippen molar-refractivity contribution in [3.8, 4) is 5.75 Å². The van der Waals surface area contributed by atoms with Gasteiger partial charge in [-0.3, -0.25) is 0 Å². The summed E-state index contributed by atoms with van der Waals surface area (Å²) in [5.41, 5.74) is 7.16. The van der Waals surface area contributed by atoms with Gasteiger partial charge in [-0.05, 0) is 37.8 Å². The second-order valence-electron chi connectivity index (χ2n) is 5.30. The van der Waals surface area contributed by atoms with E-state index in [4.69, 9.17) is 22.1 Å². The van der Waals surface area contributed by atoms with Crippen LogP contribution < -0.4 is 10.5 Å².